The van der Waals surface area contributed by atoms with Crippen molar-refractivity contribution in [1.82, 2.24) is 0 Å². The van der Waals surface area contributed by atoms with Gasteiger partial charge in [-0.15, -0.1) is 0 Å². The molecule has 0 saturated carbocycles. The molecule has 0 fully saturated rings. The van der Waals surface area contributed by atoms with Crippen LogP contribution in [0, 0.1) is 0 Å². The highest BCUT2D eigenvalue weighted by molar-refractivity contribution is 5.21. The van der Waals surface area contributed by atoms with E-state index in [0.29, 0.717) is 0 Å². The zero-order chi connectivity index (χ0) is 9.82. The van der Waals surface area contributed by atoms with E-state index >= 15 is 0 Å². The van der Waals surface area contributed by atoms with E-state index in [2.05, 4.69) is 25.2 Å². The number of allylic oxidation sites excluding steroid dienone is 4. The summed E-state index contributed by atoms with van der Waals surface area (Å²) in [6, 6.07) is 0. The lowest BCUT2D eigenvalue weighted by Gasteiger charge is -2.01. The van der Waals surface area contributed by atoms with Crippen molar-refractivity contribution in [2.45, 2.75) is 53.9 Å². The van der Waals surface area contributed by atoms with Gasteiger partial charge in [-0.05, 0) is 19.3 Å². The first-order valence-electron chi connectivity index (χ1n) is 5.29. The number of rotatable bonds is 1. The van der Waals surface area contributed by atoms with Crippen molar-refractivity contribution in [1.29, 1.82) is 0 Å². The molecule has 12 heavy (non-hydrogen) atoms. The molecule has 1 aliphatic rings. The maximum Gasteiger partial charge on any atom is -0.0310 e. The third-order valence-electron chi connectivity index (χ3n) is 1.48. The Balaban J connectivity index is 0. The molecule has 0 heteroatoms. The van der Waals surface area contributed by atoms with E-state index in [1.807, 2.05) is 27.7 Å². The summed E-state index contributed by atoms with van der Waals surface area (Å²) in [4.78, 5) is 0. The van der Waals surface area contributed by atoms with Gasteiger partial charge in [0.25, 0.3) is 0 Å². The van der Waals surface area contributed by atoms with E-state index in [1.165, 1.54) is 24.8 Å². The maximum absolute atomic E-state index is 2.32. The fourth-order valence-corrected chi connectivity index (χ4v) is 0.930. The maximum atomic E-state index is 2.32. The van der Waals surface area contributed by atoms with E-state index in [9.17, 15) is 0 Å². The van der Waals surface area contributed by atoms with Crippen LogP contribution in [0.4, 0.5) is 0 Å². The van der Waals surface area contributed by atoms with Gasteiger partial charge >= 0.3 is 0 Å². The summed E-state index contributed by atoms with van der Waals surface area (Å²) in [5.74, 6) is 0. The fraction of sp³-hybridized carbons (Fsp3) is 0.667. The summed E-state index contributed by atoms with van der Waals surface area (Å²) in [5, 5.41) is 0. The molecular weight excluding hydrogens is 144 g/mol. The molecule has 72 valence electrons. The zero-order valence-electron chi connectivity index (χ0n) is 9.35. The molecule has 1 rings (SSSR count). The van der Waals surface area contributed by atoms with Gasteiger partial charge in [0.2, 0.25) is 0 Å². The summed E-state index contributed by atoms with van der Waals surface area (Å²) in [6.07, 6.45) is 10.5. The third kappa shape index (κ3) is 7.59. The lowest BCUT2D eigenvalue weighted by molar-refractivity contribution is 0.984. The minimum absolute atomic E-state index is 1.19. The number of hydrogen-bond acceptors (Lipinski definition) is 0. The van der Waals surface area contributed by atoms with Crippen LogP contribution in [0.2, 0.25) is 0 Å². The van der Waals surface area contributed by atoms with Gasteiger partial charge in [0.05, 0.1) is 0 Å². The lowest BCUT2D eigenvalue weighted by Crippen LogP contribution is -1.80. The van der Waals surface area contributed by atoms with Crippen molar-refractivity contribution in [3.63, 3.8) is 0 Å². The van der Waals surface area contributed by atoms with Gasteiger partial charge in [-0.2, -0.15) is 0 Å². The fourth-order valence-electron chi connectivity index (χ4n) is 0.930. The van der Waals surface area contributed by atoms with Gasteiger partial charge in [-0.25, -0.2) is 0 Å². The van der Waals surface area contributed by atoms with Crippen LogP contribution >= 0.6 is 0 Å². The molecule has 0 N–H and O–H groups in total. The van der Waals surface area contributed by atoms with Crippen LogP contribution in [0.3, 0.4) is 0 Å². The van der Waals surface area contributed by atoms with Crippen LogP contribution in [-0.4, -0.2) is 0 Å². The van der Waals surface area contributed by atoms with Crippen LogP contribution in [0.15, 0.2) is 23.8 Å². The van der Waals surface area contributed by atoms with Crippen molar-refractivity contribution < 1.29 is 0 Å². The van der Waals surface area contributed by atoms with Crippen molar-refractivity contribution in [2.75, 3.05) is 0 Å². The first-order valence-corrected chi connectivity index (χ1v) is 5.29. The average molecular weight is 168 g/mol. The van der Waals surface area contributed by atoms with Gasteiger partial charge in [0.1, 0.15) is 0 Å². The summed E-state index contributed by atoms with van der Waals surface area (Å²) >= 11 is 0. The molecule has 0 bridgehead atoms. The Morgan fingerprint density at radius 1 is 1.08 bits per heavy atom. The van der Waals surface area contributed by atoms with Gasteiger partial charge in [-0.3, -0.25) is 0 Å². The Labute approximate surface area is 78.4 Å². The molecule has 0 amide bonds. The van der Waals surface area contributed by atoms with E-state index in [-0.39, 0.29) is 0 Å². The molecule has 0 unspecified atom stereocenters. The topological polar surface area (TPSA) is 0 Å². The second-order valence-electron chi connectivity index (χ2n) is 2.11. The first kappa shape index (κ1) is 14.0. The van der Waals surface area contributed by atoms with E-state index in [1.54, 1.807) is 0 Å². The molecule has 0 aromatic rings. The van der Waals surface area contributed by atoms with Gasteiger partial charge < -0.3 is 0 Å². The van der Waals surface area contributed by atoms with Gasteiger partial charge in [-0.1, -0.05) is 58.4 Å². The molecule has 0 aromatic carbocycles. The molecule has 0 radical (unpaired) electrons. The highest BCUT2D eigenvalue weighted by atomic mass is 14.0. The molecular formula is C12H24. The Hall–Kier alpha value is -0.520. The smallest absolute Gasteiger partial charge is 0.0310 e. The highest BCUT2D eigenvalue weighted by Gasteiger charge is 1.90. The number of hydrogen-bond donors (Lipinski definition) is 0. The Morgan fingerprint density at radius 2 is 1.67 bits per heavy atom. The quantitative estimate of drug-likeness (QED) is 0.531. The van der Waals surface area contributed by atoms with Crippen molar-refractivity contribution in [3.05, 3.63) is 23.8 Å². The van der Waals surface area contributed by atoms with Gasteiger partial charge in [0, 0.05) is 0 Å². The highest BCUT2D eigenvalue weighted by Crippen LogP contribution is 2.11. The largest absolute Gasteiger partial charge is 0.0840 e. The van der Waals surface area contributed by atoms with E-state index in [0.717, 1.165) is 0 Å². The summed E-state index contributed by atoms with van der Waals surface area (Å²) in [6.45, 7) is 10.2. The minimum atomic E-state index is 1.19. The zero-order valence-corrected chi connectivity index (χ0v) is 9.35. The van der Waals surface area contributed by atoms with Crippen molar-refractivity contribution in [2.24, 2.45) is 0 Å². The molecule has 0 spiro atoms. The predicted molar refractivity (Wildman–Crippen MR) is 59.4 cm³/mol. The van der Waals surface area contributed by atoms with E-state index in [4.69, 9.17) is 0 Å². The predicted octanol–water partition coefficient (Wildman–Crippen LogP) is 4.73. The first-order chi connectivity index (χ1) is 5.93. The third-order valence-corrected chi connectivity index (χ3v) is 1.48. The second kappa shape index (κ2) is 13.1. The van der Waals surface area contributed by atoms with Crippen LogP contribution < -0.4 is 0 Å². The Morgan fingerprint density at radius 3 is 1.92 bits per heavy atom. The van der Waals surface area contributed by atoms with Crippen LogP contribution in [-0.2, 0) is 0 Å². The average Bonchev–Trinajstić information content (AvgIpc) is 2.25. The summed E-state index contributed by atoms with van der Waals surface area (Å²) in [5.41, 5.74) is 1.50. The SMILES string of the molecule is CC.CC.CCC1=CCCC=C1. The van der Waals surface area contributed by atoms with Crippen LogP contribution in [0.25, 0.3) is 0 Å². The molecule has 0 saturated heterocycles. The molecule has 0 aliphatic heterocycles. The molecule has 0 nitrogen and oxygen atoms in total. The summed E-state index contributed by atoms with van der Waals surface area (Å²) in [7, 11) is 0. The molecule has 1 aliphatic carbocycles. The standard InChI is InChI=1S/C8H12.2C2H6/c1-2-8-6-4-3-5-7-8;2*1-2/h4,6-7H,2-3,5H2,1H3;2*1-2H3. The molecule has 0 heterocycles. The Bertz CT molecular complexity index is 118. The van der Waals surface area contributed by atoms with Gasteiger partial charge in [0.15, 0.2) is 0 Å². The van der Waals surface area contributed by atoms with Crippen molar-refractivity contribution in [3.8, 4) is 0 Å². The normalized spacial score (nSPS) is 13.2. The molecule has 0 atom stereocenters. The molecule has 0 aromatic heterocycles. The lowest BCUT2D eigenvalue weighted by atomic mass is 10.1. The van der Waals surface area contributed by atoms with Crippen molar-refractivity contribution >= 4 is 0 Å². The van der Waals surface area contributed by atoms with E-state index < -0.39 is 0 Å². The van der Waals surface area contributed by atoms with Crippen LogP contribution in [0.1, 0.15) is 53.9 Å². The minimum Gasteiger partial charge on any atom is -0.0840 e. The summed E-state index contributed by atoms with van der Waals surface area (Å²) < 4.78 is 0. The second-order valence-corrected chi connectivity index (χ2v) is 2.11. The Kier molecular flexibility index (Phi) is 15.3. The van der Waals surface area contributed by atoms with Crippen LogP contribution in [0.5, 0.6) is 0 Å². The monoisotopic (exact) mass is 168 g/mol.